The van der Waals surface area contributed by atoms with Crippen LogP contribution in [0.2, 0.25) is 0 Å². The van der Waals surface area contributed by atoms with E-state index >= 15 is 0 Å². The molecule has 0 aromatic heterocycles. The van der Waals surface area contributed by atoms with E-state index in [4.69, 9.17) is 4.74 Å². The molecule has 0 spiro atoms. The number of rotatable bonds is 6. The molecule has 1 N–H and O–H groups in total. The third kappa shape index (κ3) is 3.76. The molecule has 1 heterocycles. The Morgan fingerprint density at radius 3 is 2.62 bits per heavy atom. The Labute approximate surface area is 127 Å². The average molecular weight is 296 g/mol. The maximum absolute atomic E-state index is 12.2. The number of nitrogens with one attached hydrogen (secondary N) is 1. The summed E-state index contributed by atoms with van der Waals surface area (Å²) in [6, 6.07) is 0. The topological polar surface area (TPSA) is 58.6 Å². The minimum Gasteiger partial charge on any atom is -0.378 e. The minimum atomic E-state index is -0.401. The molecule has 5 nitrogen and oxygen atoms in total. The zero-order valence-corrected chi connectivity index (χ0v) is 13.5. The molecule has 2 aliphatic rings. The summed E-state index contributed by atoms with van der Waals surface area (Å²) in [5.74, 6) is -0.228. The Kier molecular flexibility index (Phi) is 5.25. The van der Waals surface area contributed by atoms with Crippen LogP contribution in [0, 0.1) is 5.92 Å². The van der Waals surface area contributed by atoms with Gasteiger partial charge in [0.05, 0.1) is 12.0 Å². The second-order valence-corrected chi connectivity index (χ2v) is 6.78. The standard InChI is InChI=1S/C16H28N2O3/c1-16(2)13(11-14(19)18(16)3)15(20)17-9-6-10-21-12-7-4-5-8-12/h12-13H,4-11H2,1-3H3,(H,17,20)/t13-/m0/s1. The molecule has 2 fully saturated rings. The van der Waals surface area contributed by atoms with Gasteiger partial charge < -0.3 is 15.0 Å². The molecule has 1 saturated heterocycles. The SMILES string of the molecule is CN1C(=O)C[C@@H](C(=O)NCCCOC2CCCC2)C1(C)C. The van der Waals surface area contributed by atoms with Gasteiger partial charge in [0.1, 0.15) is 0 Å². The van der Waals surface area contributed by atoms with Crippen LogP contribution in [0.1, 0.15) is 52.4 Å². The van der Waals surface area contributed by atoms with Crippen molar-refractivity contribution in [2.24, 2.45) is 5.92 Å². The fourth-order valence-electron chi connectivity index (χ4n) is 3.24. The molecule has 0 aromatic carbocycles. The first-order valence-corrected chi connectivity index (χ1v) is 8.09. The van der Waals surface area contributed by atoms with E-state index < -0.39 is 5.54 Å². The smallest absolute Gasteiger partial charge is 0.225 e. The lowest BCUT2D eigenvalue weighted by molar-refractivity contribution is -0.128. The first-order valence-electron chi connectivity index (χ1n) is 8.09. The first kappa shape index (κ1) is 16.3. The van der Waals surface area contributed by atoms with Crippen molar-refractivity contribution in [2.75, 3.05) is 20.2 Å². The highest BCUT2D eigenvalue weighted by Crippen LogP contribution is 2.34. The van der Waals surface area contributed by atoms with Gasteiger partial charge in [-0.25, -0.2) is 0 Å². The van der Waals surface area contributed by atoms with Crippen LogP contribution < -0.4 is 5.32 Å². The number of hydrogen-bond donors (Lipinski definition) is 1. The van der Waals surface area contributed by atoms with Crippen LogP contribution >= 0.6 is 0 Å². The molecule has 0 unspecified atom stereocenters. The molecular weight excluding hydrogens is 268 g/mol. The maximum Gasteiger partial charge on any atom is 0.225 e. The zero-order valence-electron chi connectivity index (χ0n) is 13.5. The van der Waals surface area contributed by atoms with Gasteiger partial charge in [-0.2, -0.15) is 0 Å². The summed E-state index contributed by atoms with van der Waals surface area (Å²) < 4.78 is 5.77. The van der Waals surface area contributed by atoms with Crippen molar-refractivity contribution in [3.8, 4) is 0 Å². The summed E-state index contributed by atoms with van der Waals surface area (Å²) in [7, 11) is 1.77. The van der Waals surface area contributed by atoms with Gasteiger partial charge in [0.15, 0.2) is 0 Å². The molecule has 5 heteroatoms. The van der Waals surface area contributed by atoms with Crippen LogP contribution in [0.25, 0.3) is 0 Å². The summed E-state index contributed by atoms with van der Waals surface area (Å²) in [5, 5.41) is 2.95. The molecule has 0 radical (unpaired) electrons. The summed E-state index contributed by atoms with van der Waals surface area (Å²) >= 11 is 0. The summed E-state index contributed by atoms with van der Waals surface area (Å²) in [6.45, 7) is 5.23. The Morgan fingerprint density at radius 1 is 1.38 bits per heavy atom. The number of carbonyl (C=O) groups is 2. The van der Waals surface area contributed by atoms with Crippen molar-refractivity contribution in [2.45, 2.75) is 64.0 Å². The van der Waals surface area contributed by atoms with E-state index in [1.54, 1.807) is 11.9 Å². The Morgan fingerprint density at radius 2 is 2.05 bits per heavy atom. The summed E-state index contributed by atoms with van der Waals surface area (Å²) in [4.78, 5) is 25.7. The van der Waals surface area contributed by atoms with E-state index in [0.717, 1.165) is 6.42 Å². The van der Waals surface area contributed by atoms with Crippen LogP contribution in [0.5, 0.6) is 0 Å². The molecule has 2 rings (SSSR count). The van der Waals surface area contributed by atoms with Gasteiger partial charge in [0.2, 0.25) is 11.8 Å². The van der Waals surface area contributed by atoms with E-state index in [-0.39, 0.29) is 17.7 Å². The molecular formula is C16H28N2O3. The van der Waals surface area contributed by atoms with Crippen LogP contribution in [-0.2, 0) is 14.3 Å². The summed E-state index contributed by atoms with van der Waals surface area (Å²) in [5.41, 5.74) is -0.401. The lowest BCUT2D eigenvalue weighted by Gasteiger charge is -2.32. The quantitative estimate of drug-likeness (QED) is 0.759. The molecule has 0 bridgehead atoms. The number of hydrogen-bond acceptors (Lipinski definition) is 3. The number of carbonyl (C=O) groups excluding carboxylic acids is 2. The third-order valence-electron chi connectivity index (χ3n) is 5.06. The highest BCUT2D eigenvalue weighted by Gasteiger charge is 2.47. The van der Waals surface area contributed by atoms with Gasteiger partial charge in [0.25, 0.3) is 0 Å². The Bertz CT molecular complexity index is 389. The minimum absolute atomic E-state index is 0.0152. The van der Waals surface area contributed by atoms with E-state index in [0.29, 0.717) is 25.7 Å². The molecule has 120 valence electrons. The first-order chi connectivity index (χ1) is 9.93. The van der Waals surface area contributed by atoms with Crippen LogP contribution in [0.3, 0.4) is 0 Å². The lowest BCUT2D eigenvalue weighted by Crippen LogP contribution is -2.47. The second kappa shape index (κ2) is 6.77. The van der Waals surface area contributed by atoms with E-state index in [9.17, 15) is 9.59 Å². The van der Waals surface area contributed by atoms with E-state index in [1.807, 2.05) is 13.8 Å². The molecule has 1 aliphatic carbocycles. The number of ether oxygens (including phenoxy) is 1. The average Bonchev–Trinajstić information content (AvgIpc) is 3.01. The van der Waals surface area contributed by atoms with Crippen molar-refractivity contribution in [1.29, 1.82) is 0 Å². The van der Waals surface area contributed by atoms with Crippen molar-refractivity contribution >= 4 is 11.8 Å². The van der Waals surface area contributed by atoms with Crippen molar-refractivity contribution < 1.29 is 14.3 Å². The largest absolute Gasteiger partial charge is 0.378 e. The van der Waals surface area contributed by atoms with Crippen molar-refractivity contribution in [3.63, 3.8) is 0 Å². The summed E-state index contributed by atoms with van der Waals surface area (Å²) in [6.07, 6.45) is 6.49. The van der Waals surface area contributed by atoms with Crippen LogP contribution in [0.4, 0.5) is 0 Å². The maximum atomic E-state index is 12.2. The highest BCUT2D eigenvalue weighted by atomic mass is 16.5. The van der Waals surface area contributed by atoms with Gasteiger partial charge in [-0.1, -0.05) is 12.8 Å². The molecule has 21 heavy (non-hydrogen) atoms. The highest BCUT2D eigenvalue weighted by molar-refractivity contribution is 5.90. The fourth-order valence-corrected chi connectivity index (χ4v) is 3.24. The monoisotopic (exact) mass is 296 g/mol. The van der Waals surface area contributed by atoms with Crippen molar-refractivity contribution in [1.82, 2.24) is 10.2 Å². The van der Waals surface area contributed by atoms with Crippen LogP contribution in [-0.4, -0.2) is 48.6 Å². The predicted octanol–water partition coefficient (Wildman–Crippen LogP) is 1.71. The predicted molar refractivity (Wildman–Crippen MR) is 80.8 cm³/mol. The van der Waals surface area contributed by atoms with Gasteiger partial charge in [-0.05, 0) is 33.1 Å². The van der Waals surface area contributed by atoms with Gasteiger partial charge in [-0.3, -0.25) is 9.59 Å². The van der Waals surface area contributed by atoms with Gasteiger partial charge in [-0.15, -0.1) is 0 Å². The molecule has 1 aliphatic heterocycles. The number of nitrogens with zero attached hydrogens (tertiary/aromatic N) is 1. The van der Waals surface area contributed by atoms with E-state index in [1.165, 1.54) is 25.7 Å². The van der Waals surface area contributed by atoms with Gasteiger partial charge in [0, 0.05) is 32.2 Å². The molecule has 1 saturated carbocycles. The number of likely N-dealkylation sites (tertiary alicyclic amines) is 1. The van der Waals surface area contributed by atoms with Crippen molar-refractivity contribution in [3.05, 3.63) is 0 Å². The number of amides is 2. The second-order valence-electron chi connectivity index (χ2n) is 6.78. The molecule has 0 aromatic rings. The zero-order chi connectivity index (χ0) is 15.5. The normalized spacial score (nSPS) is 25.6. The lowest BCUT2D eigenvalue weighted by atomic mass is 9.88. The van der Waals surface area contributed by atoms with Crippen LogP contribution in [0.15, 0.2) is 0 Å². The van der Waals surface area contributed by atoms with Gasteiger partial charge >= 0.3 is 0 Å². The Hall–Kier alpha value is -1.10. The van der Waals surface area contributed by atoms with E-state index in [2.05, 4.69) is 5.32 Å². The molecule has 1 atom stereocenters. The Balaban J connectivity index is 1.66. The fraction of sp³-hybridized carbons (Fsp3) is 0.875. The molecule has 2 amide bonds. The third-order valence-corrected chi connectivity index (χ3v) is 5.06.